The van der Waals surface area contributed by atoms with Gasteiger partial charge in [0.25, 0.3) is 0 Å². The molecule has 3 rings (SSSR count). The molecular weight excluding hydrogens is 287 g/mol. The molecule has 0 aliphatic heterocycles. The maximum absolute atomic E-state index is 6.32. The van der Waals surface area contributed by atoms with Crippen molar-refractivity contribution in [2.75, 3.05) is 0 Å². The summed E-state index contributed by atoms with van der Waals surface area (Å²) in [6.07, 6.45) is 0. The molecule has 0 atom stereocenters. The molecule has 2 aromatic carbocycles. The molecule has 3 aromatic rings. The fourth-order valence-corrected chi connectivity index (χ4v) is 3.12. The second-order valence-corrected chi connectivity index (χ2v) is 5.33. The topological polar surface area (TPSA) is 25.8 Å². The summed E-state index contributed by atoms with van der Waals surface area (Å²) in [5, 5.41) is 1.32. The number of aryl methyl sites for hydroxylation is 1. The van der Waals surface area contributed by atoms with E-state index in [1.54, 1.807) is 0 Å². The largest absolute Gasteiger partial charge is 0.173 e. The van der Waals surface area contributed by atoms with Crippen molar-refractivity contribution < 1.29 is 0 Å². The quantitative estimate of drug-likeness (QED) is 0.633. The van der Waals surface area contributed by atoms with Gasteiger partial charge in [0, 0.05) is 16.1 Å². The van der Waals surface area contributed by atoms with Crippen molar-refractivity contribution in [3.8, 4) is 11.1 Å². The predicted octanol–water partition coefficient (Wildman–Crippen LogP) is 4.97. The average molecular weight is 295 g/mol. The highest BCUT2D eigenvalue weighted by Crippen LogP contribution is 2.39. The van der Waals surface area contributed by atoms with Crippen LogP contribution in [0.2, 0.25) is 10.0 Å². The third-order valence-corrected chi connectivity index (χ3v) is 4.02. The summed E-state index contributed by atoms with van der Waals surface area (Å²) in [6.45, 7) is 2.01. The Kier molecular flexibility index (Phi) is 2.98. The van der Waals surface area contributed by atoms with Crippen LogP contribution in [0.4, 0.5) is 0 Å². The first-order valence-electron chi connectivity index (χ1n) is 5.35. The van der Waals surface area contributed by atoms with E-state index in [4.69, 9.17) is 23.2 Å². The predicted molar refractivity (Wildman–Crippen MR) is 77.6 cm³/mol. The first kappa shape index (κ1) is 11.9. The molecule has 0 radical (unpaired) electrons. The van der Waals surface area contributed by atoms with Crippen molar-refractivity contribution in [2.45, 2.75) is 6.92 Å². The molecule has 90 valence electrons. The number of rotatable bonds is 1. The van der Waals surface area contributed by atoms with Crippen LogP contribution in [0.1, 0.15) is 5.56 Å². The average Bonchev–Trinajstić information content (AvgIpc) is 2.79. The molecule has 1 aromatic heterocycles. The first-order chi connectivity index (χ1) is 8.68. The van der Waals surface area contributed by atoms with Crippen molar-refractivity contribution in [1.29, 1.82) is 0 Å². The highest BCUT2D eigenvalue weighted by molar-refractivity contribution is 7.00. The third-order valence-electron chi connectivity index (χ3n) is 2.85. The zero-order chi connectivity index (χ0) is 12.7. The van der Waals surface area contributed by atoms with Gasteiger partial charge < -0.3 is 0 Å². The van der Waals surface area contributed by atoms with E-state index in [0.717, 1.165) is 27.7 Å². The molecule has 0 amide bonds. The lowest BCUT2D eigenvalue weighted by Crippen LogP contribution is -1.88. The third kappa shape index (κ3) is 1.79. The molecule has 0 fully saturated rings. The van der Waals surface area contributed by atoms with E-state index in [1.807, 2.05) is 37.3 Å². The van der Waals surface area contributed by atoms with Crippen LogP contribution in [0.5, 0.6) is 0 Å². The SMILES string of the molecule is Cc1cccc(Cl)c1-c1c(Cl)ccc2nsnc12. The van der Waals surface area contributed by atoms with Crippen LogP contribution < -0.4 is 0 Å². The maximum Gasteiger partial charge on any atom is 0.114 e. The summed E-state index contributed by atoms with van der Waals surface area (Å²) < 4.78 is 8.56. The number of fused-ring (bicyclic) bond motifs is 1. The van der Waals surface area contributed by atoms with Gasteiger partial charge in [-0.05, 0) is 30.7 Å². The van der Waals surface area contributed by atoms with Crippen LogP contribution in [-0.2, 0) is 0 Å². The van der Waals surface area contributed by atoms with Crippen molar-refractivity contribution in [3.63, 3.8) is 0 Å². The molecule has 0 N–H and O–H groups in total. The molecule has 0 aliphatic carbocycles. The minimum atomic E-state index is 0.645. The second kappa shape index (κ2) is 4.50. The molecule has 1 heterocycles. The summed E-state index contributed by atoms with van der Waals surface area (Å²) in [4.78, 5) is 0. The van der Waals surface area contributed by atoms with E-state index < -0.39 is 0 Å². The minimum absolute atomic E-state index is 0.645. The van der Waals surface area contributed by atoms with Gasteiger partial charge in [0.2, 0.25) is 0 Å². The van der Waals surface area contributed by atoms with Gasteiger partial charge in [0.05, 0.1) is 16.8 Å². The van der Waals surface area contributed by atoms with Crippen LogP contribution in [-0.4, -0.2) is 8.75 Å². The lowest BCUT2D eigenvalue weighted by Gasteiger charge is -2.10. The smallest absolute Gasteiger partial charge is 0.114 e. The fourth-order valence-electron chi connectivity index (χ4n) is 2.01. The number of benzene rings is 2. The Balaban J connectivity index is 2.44. The normalized spacial score (nSPS) is 11.1. The summed E-state index contributed by atoms with van der Waals surface area (Å²) in [5.41, 5.74) is 4.53. The Morgan fingerprint density at radius 3 is 2.50 bits per heavy atom. The van der Waals surface area contributed by atoms with E-state index in [0.29, 0.717) is 10.0 Å². The van der Waals surface area contributed by atoms with Crippen molar-refractivity contribution in [2.24, 2.45) is 0 Å². The number of hydrogen-bond donors (Lipinski definition) is 0. The molecule has 5 heteroatoms. The van der Waals surface area contributed by atoms with Gasteiger partial charge in [0.15, 0.2) is 0 Å². The molecule has 2 nitrogen and oxygen atoms in total. The molecule has 0 unspecified atom stereocenters. The molecule has 18 heavy (non-hydrogen) atoms. The highest BCUT2D eigenvalue weighted by Gasteiger charge is 2.16. The van der Waals surface area contributed by atoms with Gasteiger partial charge in [-0.15, -0.1) is 0 Å². The van der Waals surface area contributed by atoms with Gasteiger partial charge in [-0.3, -0.25) is 0 Å². The Labute approximate surface area is 119 Å². The summed E-state index contributed by atoms with van der Waals surface area (Å²) in [7, 11) is 0. The second-order valence-electron chi connectivity index (χ2n) is 3.99. The van der Waals surface area contributed by atoms with Crippen molar-refractivity contribution >= 4 is 46.0 Å². The summed E-state index contributed by atoms with van der Waals surface area (Å²) in [5.74, 6) is 0. The Bertz CT molecular complexity index is 717. The summed E-state index contributed by atoms with van der Waals surface area (Å²) in [6, 6.07) is 9.50. The lowest BCUT2D eigenvalue weighted by atomic mass is 9.99. The number of halogens is 2. The van der Waals surface area contributed by atoms with E-state index >= 15 is 0 Å². The molecular formula is C13H8Cl2N2S. The van der Waals surface area contributed by atoms with Crippen molar-refractivity contribution in [1.82, 2.24) is 8.75 Å². The van der Waals surface area contributed by atoms with Gasteiger partial charge in [-0.2, -0.15) is 8.75 Å². The minimum Gasteiger partial charge on any atom is -0.173 e. The van der Waals surface area contributed by atoms with Crippen LogP contribution in [0.25, 0.3) is 22.2 Å². The lowest BCUT2D eigenvalue weighted by molar-refractivity contribution is 1.46. The van der Waals surface area contributed by atoms with E-state index in [-0.39, 0.29) is 0 Å². The Hall–Kier alpha value is -1.16. The van der Waals surface area contributed by atoms with E-state index in [1.165, 1.54) is 11.7 Å². The zero-order valence-electron chi connectivity index (χ0n) is 9.45. The maximum atomic E-state index is 6.32. The van der Waals surface area contributed by atoms with Gasteiger partial charge in [0.1, 0.15) is 11.0 Å². The molecule has 0 saturated carbocycles. The van der Waals surface area contributed by atoms with Gasteiger partial charge >= 0.3 is 0 Å². The Morgan fingerprint density at radius 2 is 1.72 bits per heavy atom. The van der Waals surface area contributed by atoms with Crippen molar-refractivity contribution in [3.05, 3.63) is 45.9 Å². The van der Waals surface area contributed by atoms with Crippen LogP contribution in [0.15, 0.2) is 30.3 Å². The van der Waals surface area contributed by atoms with Crippen LogP contribution in [0, 0.1) is 6.92 Å². The van der Waals surface area contributed by atoms with E-state index in [9.17, 15) is 0 Å². The number of hydrogen-bond acceptors (Lipinski definition) is 3. The number of aromatic nitrogens is 2. The molecule has 0 aliphatic rings. The molecule has 0 saturated heterocycles. The zero-order valence-corrected chi connectivity index (χ0v) is 11.8. The highest BCUT2D eigenvalue weighted by atomic mass is 35.5. The first-order valence-corrected chi connectivity index (χ1v) is 6.83. The number of nitrogens with zero attached hydrogens (tertiary/aromatic N) is 2. The monoisotopic (exact) mass is 294 g/mol. The summed E-state index contributed by atoms with van der Waals surface area (Å²) >= 11 is 13.8. The van der Waals surface area contributed by atoms with Crippen LogP contribution >= 0.6 is 34.9 Å². The van der Waals surface area contributed by atoms with Gasteiger partial charge in [-0.25, -0.2) is 0 Å². The fraction of sp³-hybridized carbons (Fsp3) is 0.0769. The van der Waals surface area contributed by atoms with E-state index in [2.05, 4.69) is 8.75 Å². The van der Waals surface area contributed by atoms with Gasteiger partial charge in [-0.1, -0.05) is 35.3 Å². The van der Waals surface area contributed by atoms with Crippen LogP contribution in [0.3, 0.4) is 0 Å². The molecule has 0 bridgehead atoms. The Morgan fingerprint density at radius 1 is 0.944 bits per heavy atom. The molecule has 0 spiro atoms. The standard InChI is InChI=1S/C13H8Cl2N2S/c1-7-3-2-4-8(14)11(7)12-9(15)5-6-10-13(12)17-18-16-10/h2-6H,1H3.